The van der Waals surface area contributed by atoms with Gasteiger partial charge in [0.2, 0.25) is 5.43 Å². The standard InChI is InChI=1S/C16H16BrNO4/c17-12-6-10-13(7-14(12)19)18(9-4-2-1-3-5-9)8-11(15(10)20)16(21)22/h6-9,19H,1-5H2,(H,21,22). The molecule has 1 saturated carbocycles. The number of benzene rings is 1. The number of halogens is 1. The second kappa shape index (κ2) is 5.76. The molecule has 1 aromatic heterocycles. The largest absolute Gasteiger partial charge is 0.507 e. The molecular weight excluding hydrogens is 350 g/mol. The minimum absolute atomic E-state index is 0.0412. The van der Waals surface area contributed by atoms with E-state index in [1.54, 1.807) is 0 Å². The van der Waals surface area contributed by atoms with Crippen LogP contribution in [-0.2, 0) is 0 Å². The van der Waals surface area contributed by atoms with Crippen LogP contribution in [0.2, 0.25) is 0 Å². The summed E-state index contributed by atoms with van der Waals surface area (Å²) in [6, 6.07) is 3.19. The molecule has 116 valence electrons. The van der Waals surface area contributed by atoms with Crippen molar-refractivity contribution in [3.05, 3.63) is 38.6 Å². The first kappa shape index (κ1) is 15.1. The molecule has 2 aromatic rings. The van der Waals surface area contributed by atoms with Crippen LogP contribution in [-0.4, -0.2) is 20.7 Å². The number of carbonyl (C=O) groups is 1. The number of carboxylic acids is 1. The topological polar surface area (TPSA) is 79.5 Å². The molecule has 0 amide bonds. The molecule has 1 aromatic carbocycles. The van der Waals surface area contributed by atoms with Crippen molar-refractivity contribution < 1.29 is 15.0 Å². The van der Waals surface area contributed by atoms with Crippen LogP contribution < -0.4 is 5.43 Å². The number of pyridine rings is 1. The normalized spacial score (nSPS) is 16.0. The first-order valence-electron chi connectivity index (χ1n) is 7.29. The Balaban J connectivity index is 2.33. The third kappa shape index (κ3) is 2.52. The predicted molar refractivity (Wildman–Crippen MR) is 86.7 cm³/mol. The van der Waals surface area contributed by atoms with E-state index < -0.39 is 11.4 Å². The third-order valence-corrected chi connectivity index (χ3v) is 4.93. The first-order chi connectivity index (χ1) is 10.5. The molecule has 0 radical (unpaired) electrons. The van der Waals surface area contributed by atoms with Gasteiger partial charge in [-0.3, -0.25) is 4.79 Å². The Bertz CT molecular complexity index is 806. The molecule has 3 rings (SSSR count). The summed E-state index contributed by atoms with van der Waals surface area (Å²) in [5, 5.41) is 19.5. The van der Waals surface area contributed by atoms with Gasteiger partial charge in [0, 0.05) is 23.7 Å². The number of hydrogen-bond donors (Lipinski definition) is 2. The number of aromatic carboxylic acids is 1. The Kier molecular flexibility index (Phi) is 3.95. The van der Waals surface area contributed by atoms with E-state index in [1.807, 2.05) is 4.57 Å². The Hall–Kier alpha value is -1.82. The van der Waals surface area contributed by atoms with E-state index in [0.717, 1.165) is 25.7 Å². The highest BCUT2D eigenvalue weighted by atomic mass is 79.9. The highest BCUT2D eigenvalue weighted by Gasteiger charge is 2.21. The lowest BCUT2D eigenvalue weighted by Gasteiger charge is -2.26. The molecule has 0 saturated heterocycles. The number of aromatic nitrogens is 1. The average molecular weight is 366 g/mol. The number of fused-ring (bicyclic) bond motifs is 1. The van der Waals surface area contributed by atoms with Crippen LogP contribution in [0.1, 0.15) is 48.5 Å². The fourth-order valence-corrected chi connectivity index (χ4v) is 3.52. The summed E-state index contributed by atoms with van der Waals surface area (Å²) in [7, 11) is 0. The molecule has 0 spiro atoms. The quantitative estimate of drug-likeness (QED) is 0.850. The van der Waals surface area contributed by atoms with Gasteiger partial charge in [-0.1, -0.05) is 19.3 Å². The summed E-state index contributed by atoms with van der Waals surface area (Å²) in [5.41, 5.74) is -0.159. The molecule has 1 aliphatic carbocycles. The minimum atomic E-state index is -1.22. The van der Waals surface area contributed by atoms with Crippen LogP contribution in [0.25, 0.3) is 10.9 Å². The van der Waals surface area contributed by atoms with Crippen LogP contribution in [0, 0.1) is 0 Å². The van der Waals surface area contributed by atoms with E-state index >= 15 is 0 Å². The highest BCUT2D eigenvalue weighted by Crippen LogP contribution is 2.34. The molecule has 0 atom stereocenters. The second-order valence-corrected chi connectivity index (χ2v) is 6.55. The lowest BCUT2D eigenvalue weighted by Crippen LogP contribution is -2.22. The van der Waals surface area contributed by atoms with Crippen molar-refractivity contribution in [1.29, 1.82) is 0 Å². The maximum Gasteiger partial charge on any atom is 0.341 e. The van der Waals surface area contributed by atoms with Crippen molar-refractivity contribution in [1.82, 2.24) is 4.57 Å². The molecule has 22 heavy (non-hydrogen) atoms. The lowest BCUT2D eigenvalue weighted by atomic mass is 9.94. The van der Waals surface area contributed by atoms with Gasteiger partial charge in [-0.15, -0.1) is 0 Å². The van der Waals surface area contributed by atoms with Crippen LogP contribution in [0.5, 0.6) is 5.75 Å². The number of hydrogen-bond acceptors (Lipinski definition) is 3. The van der Waals surface area contributed by atoms with Gasteiger partial charge in [0.15, 0.2) is 0 Å². The molecule has 5 nitrogen and oxygen atoms in total. The predicted octanol–water partition coefficient (Wildman–Crippen LogP) is 3.67. The maximum absolute atomic E-state index is 12.4. The zero-order valence-corrected chi connectivity index (χ0v) is 13.5. The smallest absolute Gasteiger partial charge is 0.341 e. The highest BCUT2D eigenvalue weighted by molar-refractivity contribution is 9.10. The summed E-state index contributed by atoms with van der Waals surface area (Å²) in [6.07, 6.45) is 6.68. The lowest BCUT2D eigenvalue weighted by molar-refractivity contribution is 0.0694. The first-order valence-corrected chi connectivity index (χ1v) is 8.09. The second-order valence-electron chi connectivity index (χ2n) is 5.70. The van der Waals surface area contributed by atoms with Crippen LogP contribution in [0.3, 0.4) is 0 Å². The summed E-state index contributed by atoms with van der Waals surface area (Å²) in [6.45, 7) is 0. The van der Waals surface area contributed by atoms with Gasteiger partial charge in [-0.25, -0.2) is 4.79 Å². The molecular formula is C16H16BrNO4. The van der Waals surface area contributed by atoms with Gasteiger partial charge >= 0.3 is 5.97 Å². The average Bonchev–Trinajstić information content (AvgIpc) is 2.50. The van der Waals surface area contributed by atoms with E-state index in [1.165, 1.54) is 24.8 Å². The fourth-order valence-electron chi connectivity index (χ4n) is 3.17. The van der Waals surface area contributed by atoms with Gasteiger partial charge in [0.25, 0.3) is 0 Å². The number of carboxylic acid groups (broad SMARTS) is 1. The van der Waals surface area contributed by atoms with E-state index in [2.05, 4.69) is 15.9 Å². The van der Waals surface area contributed by atoms with Gasteiger partial charge in [0.1, 0.15) is 11.3 Å². The number of aromatic hydroxyl groups is 1. The van der Waals surface area contributed by atoms with Gasteiger partial charge < -0.3 is 14.8 Å². The Morgan fingerprint density at radius 2 is 1.91 bits per heavy atom. The monoisotopic (exact) mass is 365 g/mol. The van der Waals surface area contributed by atoms with Crippen molar-refractivity contribution in [2.24, 2.45) is 0 Å². The number of nitrogens with zero attached hydrogens (tertiary/aromatic N) is 1. The Morgan fingerprint density at radius 3 is 2.55 bits per heavy atom. The molecule has 1 heterocycles. The molecule has 1 fully saturated rings. The van der Waals surface area contributed by atoms with Crippen LogP contribution >= 0.6 is 15.9 Å². The van der Waals surface area contributed by atoms with Crippen molar-refractivity contribution in [3.8, 4) is 5.75 Å². The number of rotatable bonds is 2. The van der Waals surface area contributed by atoms with E-state index in [0.29, 0.717) is 15.4 Å². The molecule has 2 N–H and O–H groups in total. The maximum atomic E-state index is 12.4. The van der Waals surface area contributed by atoms with Gasteiger partial charge in [-0.05, 0) is 34.8 Å². The van der Waals surface area contributed by atoms with Gasteiger partial charge in [0.05, 0.1) is 9.99 Å². The molecule has 1 aliphatic rings. The Morgan fingerprint density at radius 1 is 1.23 bits per heavy atom. The van der Waals surface area contributed by atoms with Crippen molar-refractivity contribution >= 4 is 32.8 Å². The SMILES string of the molecule is O=C(O)c1cn(C2CCCCC2)c2cc(O)c(Br)cc2c1=O. The van der Waals surface area contributed by atoms with Crippen molar-refractivity contribution in [2.75, 3.05) is 0 Å². The summed E-state index contributed by atoms with van der Waals surface area (Å²) in [5.74, 6) is -1.18. The molecule has 6 heteroatoms. The Labute approximate surface area is 135 Å². The van der Waals surface area contributed by atoms with E-state index in [4.69, 9.17) is 0 Å². The zero-order chi connectivity index (χ0) is 15.9. The molecule has 0 bridgehead atoms. The fraction of sp³-hybridized carbons (Fsp3) is 0.375. The zero-order valence-electron chi connectivity index (χ0n) is 11.9. The molecule has 0 unspecified atom stereocenters. The van der Waals surface area contributed by atoms with Crippen molar-refractivity contribution in [3.63, 3.8) is 0 Å². The number of phenolic OH excluding ortho intramolecular Hbond substituents is 1. The molecule has 0 aliphatic heterocycles. The van der Waals surface area contributed by atoms with Crippen LogP contribution in [0.4, 0.5) is 0 Å². The summed E-state index contributed by atoms with van der Waals surface area (Å²) >= 11 is 3.19. The van der Waals surface area contributed by atoms with Crippen molar-refractivity contribution in [2.45, 2.75) is 38.1 Å². The summed E-state index contributed by atoms with van der Waals surface area (Å²) in [4.78, 5) is 23.7. The van der Waals surface area contributed by atoms with Gasteiger partial charge in [-0.2, -0.15) is 0 Å². The summed E-state index contributed by atoms with van der Waals surface area (Å²) < 4.78 is 2.24. The minimum Gasteiger partial charge on any atom is -0.507 e. The van der Waals surface area contributed by atoms with E-state index in [-0.39, 0.29) is 17.4 Å². The number of phenols is 1. The third-order valence-electron chi connectivity index (χ3n) is 4.30. The van der Waals surface area contributed by atoms with E-state index in [9.17, 15) is 19.8 Å². The van der Waals surface area contributed by atoms with Crippen LogP contribution in [0.15, 0.2) is 27.6 Å².